The summed E-state index contributed by atoms with van der Waals surface area (Å²) in [5.74, 6) is -1.69. The van der Waals surface area contributed by atoms with Gasteiger partial charge in [-0.25, -0.2) is 4.79 Å². The zero-order valence-electron chi connectivity index (χ0n) is 19.9. The molecule has 0 bridgehead atoms. The number of terminal acetylenes is 1. The molecule has 3 amide bonds. The van der Waals surface area contributed by atoms with Gasteiger partial charge in [0, 0.05) is 6.04 Å². The molecule has 0 aliphatic carbocycles. The van der Waals surface area contributed by atoms with Gasteiger partial charge in [0.1, 0.15) is 30.0 Å². The summed E-state index contributed by atoms with van der Waals surface area (Å²) < 4.78 is 9.79. The first-order valence-electron chi connectivity index (χ1n) is 10.3. The SMILES string of the molecule is C#CN(C(=O)C(CCSC)NC(=O)OC(C)(C)C)C(C(=O)NCC(=O)OC)c1ccc(O)cc1. The van der Waals surface area contributed by atoms with E-state index < -0.39 is 48.1 Å². The summed E-state index contributed by atoms with van der Waals surface area (Å²) in [6, 6.07) is 5.31. The molecule has 3 N–H and O–H groups in total. The number of ether oxygens (including phenoxy) is 2. The van der Waals surface area contributed by atoms with Gasteiger partial charge in [-0.05, 0) is 56.9 Å². The van der Waals surface area contributed by atoms with Crippen LogP contribution in [0.2, 0.25) is 0 Å². The molecule has 11 heteroatoms. The number of carbonyl (C=O) groups is 4. The molecule has 1 aromatic carbocycles. The second-order valence-electron chi connectivity index (χ2n) is 8.11. The Kier molecular flexibility index (Phi) is 11.2. The number of benzene rings is 1. The van der Waals surface area contributed by atoms with Crippen molar-refractivity contribution < 1.29 is 33.8 Å². The first-order valence-corrected chi connectivity index (χ1v) is 11.7. The van der Waals surface area contributed by atoms with E-state index >= 15 is 0 Å². The number of hydrogen-bond acceptors (Lipinski definition) is 8. The summed E-state index contributed by atoms with van der Waals surface area (Å²) in [5.41, 5.74) is -0.502. The number of phenols is 1. The highest BCUT2D eigenvalue weighted by molar-refractivity contribution is 7.98. The molecule has 186 valence electrons. The molecule has 0 saturated heterocycles. The number of amides is 3. The van der Waals surface area contributed by atoms with E-state index in [1.165, 1.54) is 43.1 Å². The van der Waals surface area contributed by atoms with Crippen LogP contribution < -0.4 is 10.6 Å². The van der Waals surface area contributed by atoms with Crippen LogP contribution in [0.15, 0.2) is 24.3 Å². The van der Waals surface area contributed by atoms with Crippen LogP contribution in [0.1, 0.15) is 38.8 Å². The third-order valence-corrected chi connectivity index (χ3v) is 4.97. The van der Waals surface area contributed by atoms with Crippen LogP contribution in [0.4, 0.5) is 4.79 Å². The minimum atomic E-state index is -1.35. The van der Waals surface area contributed by atoms with Crippen LogP contribution >= 0.6 is 11.8 Å². The molecule has 0 spiro atoms. The smallest absolute Gasteiger partial charge is 0.408 e. The van der Waals surface area contributed by atoms with E-state index in [2.05, 4.69) is 21.4 Å². The van der Waals surface area contributed by atoms with Gasteiger partial charge >= 0.3 is 12.1 Å². The van der Waals surface area contributed by atoms with Crippen LogP contribution in [0.3, 0.4) is 0 Å². The average Bonchev–Trinajstić information content (AvgIpc) is 2.77. The van der Waals surface area contributed by atoms with E-state index in [0.29, 0.717) is 5.75 Å². The van der Waals surface area contributed by atoms with Gasteiger partial charge in [-0.15, -0.1) is 0 Å². The number of carbonyl (C=O) groups excluding carboxylic acids is 4. The van der Waals surface area contributed by atoms with Crippen molar-refractivity contribution in [2.24, 2.45) is 0 Å². The van der Waals surface area contributed by atoms with Crippen LogP contribution in [-0.4, -0.2) is 71.2 Å². The summed E-state index contributed by atoms with van der Waals surface area (Å²) >= 11 is 1.46. The highest BCUT2D eigenvalue weighted by Gasteiger charge is 2.36. The van der Waals surface area contributed by atoms with Crippen LogP contribution in [0.25, 0.3) is 0 Å². The van der Waals surface area contributed by atoms with Crippen LogP contribution in [-0.2, 0) is 23.9 Å². The molecule has 0 aliphatic heterocycles. The van der Waals surface area contributed by atoms with Gasteiger partial charge in [-0.1, -0.05) is 18.6 Å². The molecule has 0 aromatic heterocycles. The van der Waals surface area contributed by atoms with Crippen molar-refractivity contribution in [1.82, 2.24) is 15.5 Å². The third-order valence-electron chi connectivity index (χ3n) is 4.33. The van der Waals surface area contributed by atoms with Crippen molar-refractivity contribution in [3.05, 3.63) is 29.8 Å². The van der Waals surface area contributed by atoms with E-state index in [-0.39, 0.29) is 17.7 Å². The molecule has 1 rings (SSSR count). The lowest BCUT2D eigenvalue weighted by atomic mass is 10.0. The largest absolute Gasteiger partial charge is 0.508 e. The maximum absolute atomic E-state index is 13.4. The fraction of sp³-hybridized carbons (Fsp3) is 0.478. The maximum atomic E-state index is 13.4. The summed E-state index contributed by atoms with van der Waals surface area (Å²) in [4.78, 5) is 51.2. The molecule has 0 aliphatic rings. The zero-order chi connectivity index (χ0) is 25.9. The lowest BCUT2D eigenvalue weighted by molar-refractivity contribution is -0.142. The third kappa shape index (κ3) is 9.23. The maximum Gasteiger partial charge on any atom is 0.408 e. The lowest BCUT2D eigenvalue weighted by Gasteiger charge is -2.30. The predicted molar refractivity (Wildman–Crippen MR) is 128 cm³/mol. The van der Waals surface area contributed by atoms with Crippen LogP contribution in [0, 0.1) is 12.5 Å². The molecule has 0 heterocycles. The number of thioether (sulfide) groups is 1. The number of hydrogen-bond donors (Lipinski definition) is 3. The molecule has 0 saturated carbocycles. The minimum absolute atomic E-state index is 0.0551. The summed E-state index contributed by atoms with van der Waals surface area (Å²) in [6.45, 7) is 4.62. The van der Waals surface area contributed by atoms with Crippen LogP contribution in [0.5, 0.6) is 5.75 Å². The van der Waals surface area contributed by atoms with Crippen molar-refractivity contribution in [2.45, 2.75) is 44.9 Å². The topological polar surface area (TPSA) is 134 Å². The Balaban J connectivity index is 3.30. The molecule has 0 fully saturated rings. The van der Waals surface area contributed by atoms with Gasteiger partial charge in [0.2, 0.25) is 5.91 Å². The van der Waals surface area contributed by atoms with E-state index in [4.69, 9.17) is 11.2 Å². The van der Waals surface area contributed by atoms with Crippen molar-refractivity contribution in [2.75, 3.05) is 25.7 Å². The van der Waals surface area contributed by atoms with Gasteiger partial charge in [0.25, 0.3) is 5.91 Å². The number of aromatic hydroxyl groups is 1. The Morgan fingerprint density at radius 2 is 1.82 bits per heavy atom. The number of methoxy groups -OCH3 is 1. The quantitative estimate of drug-likeness (QED) is 0.255. The average molecular weight is 494 g/mol. The van der Waals surface area contributed by atoms with Crippen molar-refractivity contribution in [3.8, 4) is 18.2 Å². The second-order valence-corrected chi connectivity index (χ2v) is 9.09. The Morgan fingerprint density at radius 1 is 1.21 bits per heavy atom. The molecule has 2 atom stereocenters. The van der Waals surface area contributed by atoms with Gasteiger partial charge in [-0.2, -0.15) is 11.8 Å². The highest BCUT2D eigenvalue weighted by Crippen LogP contribution is 2.24. The Bertz CT molecular complexity index is 907. The standard InChI is InChI=1S/C23H31N3O7S/c1-7-26(21(30)17(12-13-34-6)25-22(31)33-23(2,3)4)19(15-8-10-16(27)11-9-15)20(29)24-14-18(28)32-5/h1,8-11,17,19,27H,12-14H2,2-6H3,(H,24,29)(H,25,31). The van der Waals surface area contributed by atoms with Crippen molar-refractivity contribution >= 4 is 35.6 Å². The fourth-order valence-corrected chi connectivity index (χ4v) is 3.25. The lowest BCUT2D eigenvalue weighted by Crippen LogP contribution is -2.52. The molecule has 2 unspecified atom stereocenters. The molecule has 1 aromatic rings. The molecule has 10 nitrogen and oxygen atoms in total. The first kappa shape index (κ1) is 28.6. The van der Waals surface area contributed by atoms with Gasteiger partial charge in [0.05, 0.1) is 7.11 Å². The molecular weight excluding hydrogens is 462 g/mol. The Morgan fingerprint density at radius 3 is 2.32 bits per heavy atom. The van der Waals surface area contributed by atoms with E-state index in [1.54, 1.807) is 20.8 Å². The van der Waals surface area contributed by atoms with Crippen molar-refractivity contribution in [3.63, 3.8) is 0 Å². The Hall–Kier alpha value is -3.39. The normalized spacial score (nSPS) is 12.5. The number of nitrogens with zero attached hydrogens (tertiary/aromatic N) is 1. The van der Waals surface area contributed by atoms with Gasteiger partial charge in [0.15, 0.2) is 0 Å². The molecule has 34 heavy (non-hydrogen) atoms. The summed E-state index contributed by atoms with van der Waals surface area (Å²) in [7, 11) is 1.17. The Labute approximate surface area is 203 Å². The van der Waals surface area contributed by atoms with E-state index in [0.717, 1.165) is 4.90 Å². The first-order chi connectivity index (χ1) is 15.9. The van der Waals surface area contributed by atoms with Gasteiger partial charge < -0.3 is 25.2 Å². The number of phenolic OH excluding ortho intramolecular Hbond substituents is 1. The van der Waals surface area contributed by atoms with E-state index in [9.17, 15) is 24.3 Å². The van der Waals surface area contributed by atoms with E-state index in [1.807, 2.05) is 6.26 Å². The number of nitrogens with one attached hydrogen (secondary N) is 2. The van der Waals surface area contributed by atoms with Gasteiger partial charge in [-0.3, -0.25) is 19.3 Å². The monoisotopic (exact) mass is 493 g/mol. The minimum Gasteiger partial charge on any atom is -0.508 e. The number of alkyl carbamates (subject to hydrolysis) is 1. The fourth-order valence-electron chi connectivity index (χ4n) is 2.78. The zero-order valence-corrected chi connectivity index (χ0v) is 20.7. The molecular formula is C23H31N3O7S. The second kappa shape index (κ2) is 13.3. The number of rotatable bonds is 10. The number of esters is 1. The van der Waals surface area contributed by atoms with Crippen molar-refractivity contribution in [1.29, 1.82) is 0 Å². The highest BCUT2D eigenvalue weighted by atomic mass is 32.2. The predicted octanol–water partition coefficient (Wildman–Crippen LogP) is 1.79. The summed E-state index contributed by atoms with van der Waals surface area (Å²) in [6.07, 6.45) is 6.91. The summed E-state index contributed by atoms with van der Waals surface area (Å²) in [5, 5.41) is 14.5. The molecule has 0 radical (unpaired) electrons.